The molecule has 0 aliphatic rings. The molecule has 0 bridgehead atoms. The molecule has 0 saturated carbocycles. The largest absolute Gasteiger partial charge is 0.481 e. The first-order chi connectivity index (χ1) is 13.0. The van der Waals surface area contributed by atoms with Crippen LogP contribution in [0.2, 0.25) is 0 Å². The molecule has 0 aromatic heterocycles. The highest BCUT2D eigenvalue weighted by molar-refractivity contribution is 5.75. The van der Waals surface area contributed by atoms with Gasteiger partial charge in [-0.25, -0.2) is 4.79 Å². The molecule has 2 amide bonds. The van der Waals surface area contributed by atoms with E-state index in [1.807, 2.05) is 38.4 Å². The number of aliphatic carboxylic acids is 1. The van der Waals surface area contributed by atoms with Crippen LogP contribution in [0, 0.1) is 0 Å². The third-order valence-corrected chi connectivity index (χ3v) is 4.07. The Balaban J connectivity index is 1.95. The zero-order chi connectivity index (χ0) is 19.6. The molecule has 27 heavy (non-hydrogen) atoms. The number of carboxylic acid groups (broad SMARTS) is 1. The molecule has 0 saturated heterocycles. The molecule has 0 atom stereocenters. The summed E-state index contributed by atoms with van der Waals surface area (Å²) in [7, 11) is 4.09. The molecule has 0 fully saturated rings. The topological polar surface area (TPSA) is 81.7 Å². The Morgan fingerprint density at radius 1 is 1.00 bits per heavy atom. The van der Waals surface area contributed by atoms with Crippen LogP contribution in [0.15, 0.2) is 48.5 Å². The van der Waals surface area contributed by atoms with E-state index in [9.17, 15) is 9.59 Å². The predicted octanol–water partition coefficient (Wildman–Crippen LogP) is 3.08. The minimum Gasteiger partial charge on any atom is -0.481 e. The van der Waals surface area contributed by atoms with Crippen molar-refractivity contribution in [2.45, 2.75) is 25.9 Å². The van der Waals surface area contributed by atoms with Gasteiger partial charge in [-0.2, -0.15) is 0 Å². The van der Waals surface area contributed by atoms with E-state index in [2.05, 4.69) is 39.8 Å². The van der Waals surface area contributed by atoms with Crippen molar-refractivity contribution >= 4 is 12.0 Å². The van der Waals surface area contributed by atoms with Crippen LogP contribution in [0.5, 0.6) is 0 Å². The maximum atomic E-state index is 11.9. The van der Waals surface area contributed by atoms with Gasteiger partial charge in [0.25, 0.3) is 0 Å². The standard InChI is InChI=1S/C21H27N3O3/c1-24(2)15-16-9-11-17(12-10-16)19-7-4-3-6-18(19)14-23-21(27)22-13-5-8-20(25)26/h3-4,6-7,9-12H,5,8,13-15H2,1-2H3,(H,25,26)(H2,22,23,27). The molecule has 0 aliphatic carbocycles. The van der Waals surface area contributed by atoms with E-state index < -0.39 is 5.97 Å². The lowest BCUT2D eigenvalue weighted by Gasteiger charge is -2.13. The van der Waals surface area contributed by atoms with Crippen LogP contribution in [0.4, 0.5) is 4.79 Å². The van der Waals surface area contributed by atoms with E-state index in [0.717, 1.165) is 23.2 Å². The first-order valence-corrected chi connectivity index (χ1v) is 9.01. The number of benzene rings is 2. The molecule has 2 aromatic rings. The van der Waals surface area contributed by atoms with Crippen LogP contribution in [-0.2, 0) is 17.9 Å². The lowest BCUT2D eigenvalue weighted by Crippen LogP contribution is -2.35. The molecule has 2 aromatic carbocycles. The monoisotopic (exact) mass is 369 g/mol. The molecule has 0 aliphatic heterocycles. The van der Waals surface area contributed by atoms with Gasteiger partial charge in [-0.05, 0) is 42.8 Å². The highest BCUT2D eigenvalue weighted by Crippen LogP contribution is 2.24. The normalized spacial score (nSPS) is 10.6. The Morgan fingerprint density at radius 3 is 2.37 bits per heavy atom. The van der Waals surface area contributed by atoms with Crippen LogP contribution < -0.4 is 10.6 Å². The molecular weight excluding hydrogens is 342 g/mol. The first-order valence-electron chi connectivity index (χ1n) is 9.01. The fourth-order valence-corrected chi connectivity index (χ4v) is 2.79. The predicted molar refractivity (Wildman–Crippen MR) is 106 cm³/mol. The lowest BCUT2D eigenvalue weighted by molar-refractivity contribution is -0.137. The smallest absolute Gasteiger partial charge is 0.315 e. The second-order valence-electron chi connectivity index (χ2n) is 6.70. The summed E-state index contributed by atoms with van der Waals surface area (Å²) in [5.41, 5.74) is 4.47. The van der Waals surface area contributed by atoms with Gasteiger partial charge in [-0.1, -0.05) is 48.5 Å². The fourth-order valence-electron chi connectivity index (χ4n) is 2.79. The number of amides is 2. The minimum atomic E-state index is -0.859. The molecule has 144 valence electrons. The van der Waals surface area contributed by atoms with Gasteiger partial charge >= 0.3 is 12.0 Å². The van der Waals surface area contributed by atoms with E-state index >= 15 is 0 Å². The van der Waals surface area contributed by atoms with Crippen LogP contribution in [0.25, 0.3) is 11.1 Å². The third-order valence-electron chi connectivity index (χ3n) is 4.07. The number of nitrogens with zero attached hydrogens (tertiary/aromatic N) is 1. The maximum Gasteiger partial charge on any atom is 0.315 e. The molecule has 0 radical (unpaired) electrons. The maximum absolute atomic E-state index is 11.9. The number of urea groups is 1. The number of hydrogen-bond acceptors (Lipinski definition) is 3. The second-order valence-corrected chi connectivity index (χ2v) is 6.70. The Morgan fingerprint density at radius 2 is 1.70 bits per heavy atom. The van der Waals surface area contributed by atoms with E-state index in [4.69, 9.17) is 5.11 Å². The molecule has 0 heterocycles. The van der Waals surface area contributed by atoms with Crippen molar-refractivity contribution < 1.29 is 14.7 Å². The fraction of sp³-hybridized carbons (Fsp3) is 0.333. The minimum absolute atomic E-state index is 0.0485. The quantitative estimate of drug-likeness (QED) is 0.593. The third kappa shape index (κ3) is 7.11. The van der Waals surface area contributed by atoms with Crippen molar-refractivity contribution in [3.8, 4) is 11.1 Å². The highest BCUT2D eigenvalue weighted by Gasteiger charge is 2.07. The zero-order valence-electron chi connectivity index (χ0n) is 15.9. The van der Waals surface area contributed by atoms with Crippen molar-refractivity contribution in [2.75, 3.05) is 20.6 Å². The number of carbonyl (C=O) groups is 2. The van der Waals surface area contributed by atoms with Gasteiger partial charge < -0.3 is 20.6 Å². The molecule has 0 unspecified atom stereocenters. The van der Waals surface area contributed by atoms with Gasteiger partial charge in [0.1, 0.15) is 0 Å². The van der Waals surface area contributed by atoms with Crippen LogP contribution in [0.3, 0.4) is 0 Å². The Labute approximate surface area is 160 Å². The van der Waals surface area contributed by atoms with Crippen molar-refractivity contribution in [1.82, 2.24) is 15.5 Å². The summed E-state index contributed by atoms with van der Waals surface area (Å²) in [6.45, 7) is 1.64. The Hall–Kier alpha value is -2.86. The number of nitrogens with one attached hydrogen (secondary N) is 2. The van der Waals surface area contributed by atoms with Gasteiger partial charge in [0.05, 0.1) is 0 Å². The summed E-state index contributed by atoms with van der Waals surface area (Å²) < 4.78 is 0. The molecule has 6 heteroatoms. The lowest BCUT2D eigenvalue weighted by atomic mass is 9.98. The number of carboxylic acids is 1. The first kappa shape index (κ1) is 20.5. The molecular formula is C21H27N3O3. The molecule has 3 N–H and O–H groups in total. The molecule has 0 spiro atoms. The van der Waals surface area contributed by atoms with Crippen LogP contribution in [-0.4, -0.2) is 42.6 Å². The Bertz CT molecular complexity index is 758. The number of rotatable bonds is 9. The van der Waals surface area contributed by atoms with Crippen molar-refractivity contribution in [3.63, 3.8) is 0 Å². The summed E-state index contributed by atoms with van der Waals surface area (Å²) in [5, 5.41) is 14.1. The van der Waals surface area contributed by atoms with E-state index in [1.165, 1.54) is 5.56 Å². The van der Waals surface area contributed by atoms with Crippen LogP contribution >= 0.6 is 0 Å². The highest BCUT2D eigenvalue weighted by atomic mass is 16.4. The zero-order valence-corrected chi connectivity index (χ0v) is 15.9. The summed E-state index contributed by atoms with van der Waals surface area (Å²) >= 11 is 0. The van der Waals surface area contributed by atoms with E-state index in [-0.39, 0.29) is 12.5 Å². The molecule has 6 nitrogen and oxygen atoms in total. The number of carbonyl (C=O) groups excluding carboxylic acids is 1. The van der Waals surface area contributed by atoms with Crippen molar-refractivity contribution in [2.24, 2.45) is 0 Å². The van der Waals surface area contributed by atoms with Gasteiger partial charge in [0.2, 0.25) is 0 Å². The Kier molecular flexibility index (Phi) is 7.82. The summed E-state index contributed by atoms with van der Waals surface area (Å²) in [5.74, 6) is -0.859. The average molecular weight is 369 g/mol. The van der Waals surface area contributed by atoms with Gasteiger partial charge in [-0.15, -0.1) is 0 Å². The average Bonchev–Trinajstić information content (AvgIpc) is 2.64. The van der Waals surface area contributed by atoms with Crippen molar-refractivity contribution in [3.05, 3.63) is 59.7 Å². The SMILES string of the molecule is CN(C)Cc1ccc(-c2ccccc2CNC(=O)NCCCC(=O)O)cc1. The van der Waals surface area contributed by atoms with E-state index in [1.54, 1.807) is 0 Å². The summed E-state index contributed by atoms with van der Waals surface area (Å²) in [6, 6.07) is 16.1. The second kappa shape index (κ2) is 10.3. The van der Waals surface area contributed by atoms with Gasteiger partial charge in [0, 0.05) is 26.1 Å². The van der Waals surface area contributed by atoms with Crippen LogP contribution in [0.1, 0.15) is 24.0 Å². The van der Waals surface area contributed by atoms with Gasteiger partial charge in [0.15, 0.2) is 0 Å². The molecule has 2 rings (SSSR count). The van der Waals surface area contributed by atoms with Gasteiger partial charge in [-0.3, -0.25) is 4.79 Å². The number of hydrogen-bond donors (Lipinski definition) is 3. The van der Waals surface area contributed by atoms with Crippen molar-refractivity contribution in [1.29, 1.82) is 0 Å². The summed E-state index contributed by atoms with van der Waals surface area (Å²) in [4.78, 5) is 24.5. The van der Waals surface area contributed by atoms with E-state index in [0.29, 0.717) is 19.5 Å². The summed E-state index contributed by atoms with van der Waals surface area (Å²) in [6.07, 6.45) is 0.464.